The fourth-order valence-corrected chi connectivity index (χ4v) is 0.220. The van der Waals surface area contributed by atoms with Gasteiger partial charge in [-0.2, -0.15) is 13.2 Å². The summed E-state index contributed by atoms with van der Waals surface area (Å²) >= 11 is 0. The molecule has 0 aromatic heterocycles. The Morgan fingerprint density at radius 2 is 2.00 bits per heavy atom. The first-order chi connectivity index (χ1) is 4.45. The summed E-state index contributed by atoms with van der Waals surface area (Å²) in [6.45, 7) is -1.32. The molecule has 0 atom stereocenters. The molecule has 0 saturated carbocycles. The first-order valence-electron chi connectivity index (χ1n) is 2.29. The van der Waals surface area contributed by atoms with Crippen LogP contribution in [0.5, 0.6) is 0 Å². The summed E-state index contributed by atoms with van der Waals surface area (Å²) in [4.78, 5) is 2.85. The van der Waals surface area contributed by atoms with Crippen LogP contribution in [-0.4, -0.2) is 18.7 Å². The van der Waals surface area contributed by atoms with Crippen molar-refractivity contribution >= 4 is 5.96 Å². The van der Waals surface area contributed by atoms with Crippen molar-refractivity contribution in [3.63, 3.8) is 0 Å². The minimum Gasteiger partial charge on any atom is -0.369 e. The summed E-state index contributed by atoms with van der Waals surface area (Å²) in [5, 5.41) is 0. The van der Waals surface area contributed by atoms with E-state index in [2.05, 4.69) is 10.8 Å². The molecular formula is C3H7F3N4. The summed E-state index contributed by atoms with van der Waals surface area (Å²) in [6.07, 6.45) is -4.33. The molecule has 0 bridgehead atoms. The van der Waals surface area contributed by atoms with E-state index in [1.165, 1.54) is 0 Å². The molecule has 0 heterocycles. The molecule has 0 aliphatic rings. The van der Waals surface area contributed by atoms with Gasteiger partial charge in [0.25, 0.3) is 0 Å². The third-order valence-corrected chi connectivity index (χ3v) is 0.577. The highest BCUT2D eigenvalue weighted by molar-refractivity contribution is 5.77. The highest BCUT2D eigenvalue weighted by atomic mass is 19.4. The maximum Gasteiger partial charge on any atom is 0.408 e. The van der Waals surface area contributed by atoms with E-state index in [0.717, 1.165) is 0 Å². The lowest BCUT2D eigenvalue weighted by Crippen LogP contribution is -2.37. The van der Waals surface area contributed by atoms with Crippen molar-refractivity contribution in [2.75, 3.05) is 6.54 Å². The van der Waals surface area contributed by atoms with Gasteiger partial charge in [-0.25, -0.2) is 10.8 Å². The zero-order chi connectivity index (χ0) is 8.20. The second-order valence-electron chi connectivity index (χ2n) is 1.46. The lowest BCUT2D eigenvalue weighted by Gasteiger charge is -2.02. The number of aliphatic imine (C=N–C) groups is 1. The number of rotatable bonds is 1. The summed E-state index contributed by atoms with van der Waals surface area (Å²) in [5.74, 6) is 4.20. The van der Waals surface area contributed by atoms with E-state index in [0.29, 0.717) is 0 Å². The minimum atomic E-state index is -4.33. The molecule has 0 aromatic rings. The van der Waals surface area contributed by atoms with Gasteiger partial charge in [0.05, 0.1) is 0 Å². The van der Waals surface area contributed by atoms with Crippen LogP contribution in [0.3, 0.4) is 0 Å². The van der Waals surface area contributed by atoms with Crippen LogP contribution in [0.2, 0.25) is 0 Å². The second kappa shape index (κ2) is 3.25. The first-order valence-corrected chi connectivity index (χ1v) is 2.29. The lowest BCUT2D eigenvalue weighted by molar-refractivity contribution is -0.118. The molecule has 10 heavy (non-hydrogen) atoms. The van der Waals surface area contributed by atoms with Crippen molar-refractivity contribution in [2.24, 2.45) is 16.6 Å². The number of alkyl halides is 3. The van der Waals surface area contributed by atoms with Crippen molar-refractivity contribution in [2.45, 2.75) is 6.18 Å². The molecule has 0 amide bonds. The highest BCUT2D eigenvalue weighted by Gasteiger charge is 2.26. The topological polar surface area (TPSA) is 76.4 Å². The van der Waals surface area contributed by atoms with E-state index < -0.39 is 18.7 Å². The van der Waals surface area contributed by atoms with E-state index in [1.54, 1.807) is 5.43 Å². The number of hydrazine groups is 1. The molecule has 0 saturated heterocycles. The molecule has 0 unspecified atom stereocenters. The molecule has 4 nitrogen and oxygen atoms in total. The van der Waals surface area contributed by atoms with E-state index in [1.807, 2.05) is 0 Å². The molecule has 0 spiro atoms. The maximum absolute atomic E-state index is 11.3. The SMILES string of the molecule is NNC(N)=NCC(F)(F)F. The van der Waals surface area contributed by atoms with Crippen molar-refractivity contribution < 1.29 is 13.2 Å². The Hall–Kier alpha value is -0.980. The van der Waals surface area contributed by atoms with Gasteiger partial charge in [-0.3, -0.25) is 5.43 Å². The molecular weight excluding hydrogens is 149 g/mol. The molecule has 0 aromatic carbocycles. The Kier molecular flexibility index (Phi) is 2.94. The van der Waals surface area contributed by atoms with Gasteiger partial charge in [0.2, 0.25) is 5.96 Å². The lowest BCUT2D eigenvalue weighted by atomic mass is 10.6. The summed E-state index contributed by atoms with van der Waals surface area (Å²) in [5.41, 5.74) is 6.56. The van der Waals surface area contributed by atoms with E-state index in [9.17, 15) is 13.2 Å². The number of hydrogen-bond donors (Lipinski definition) is 3. The number of nitrogens with zero attached hydrogens (tertiary/aromatic N) is 1. The number of guanidine groups is 1. The number of nitrogens with two attached hydrogens (primary N) is 2. The average molecular weight is 156 g/mol. The van der Waals surface area contributed by atoms with Crippen LogP contribution in [0.25, 0.3) is 0 Å². The summed E-state index contributed by atoms with van der Waals surface area (Å²) in [6, 6.07) is 0. The van der Waals surface area contributed by atoms with Crippen molar-refractivity contribution in [1.29, 1.82) is 0 Å². The van der Waals surface area contributed by atoms with Gasteiger partial charge in [0.15, 0.2) is 0 Å². The second-order valence-corrected chi connectivity index (χ2v) is 1.46. The number of halogens is 3. The highest BCUT2D eigenvalue weighted by Crippen LogP contribution is 2.13. The molecule has 0 aliphatic carbocycles. The van der Waals surface area contributed by atoms with E-state index in [4.69, 9.17) is 5.73 Å². The molecule has 0 radical (unpaired) electrons. The zero-order valence-corrected chi connectivity index (χ0v) is 4.94. The van der Waals surface area contributed by atoms with Gasteiger partial charge < -0.3 is 5.73 Å². The number of hydrogen-bond acceptors (Lipinski definition) is 2. The molecule has 7 heteroatoms. The monoisotopic (exact) mass is 156 g/mol. The van der Waals surface area contributed by atoms with Crippen LogP contribution in [0.1, 0.15) is 0 Å². The van der Waals surface area contributed by atoms with Gasteiger partial charge in [-0.15, -0.1) is 0 Å². The normalized spacial score (nSPS) is 13.4. The third-order valence-electron chi connectivity index (χ3n) is 0.577. The Balaban J connectivity index is 3.73. The van der Waals surface area contributed by atoms with E-state index >= 15 is 0 Å². The van der Waals surface area contributed by atoms with Crippen molar-refractivity contribution in [1.82, 2.24) is 5.43 Å². The molecule has 0 fully saturated rings. The third kappa shape index (κ3) is 5.16. The molecule has 0 rings (SSSR count). The Morgan fingerprint density at radius 3 is 2.30 bits per heavy atom. The Labute approximate surface area is 55.1 Å². The van der Waals surface area contributed by atoms with E-state index in [-0.39, 0.29) is 0 Å². The fourth-order valence-electron chi connectivity index (χ4n) is 0.220. The maximum atomic E-state index is 11.3. The smallest absolute Gasteiger partial charge is 0.369 e. The fraction of sp³-hybridized carbons (Fsp3) is 0.667. The van der Waals surface area contributed by atoms with Gasteiger partial charge in [0, 0.05) is 0 Å². The molecule has 60 valence electrons. The molecule has 5 N–H and O–H groups in total. The standard InChI is InChI=1S/C3H7F3N4/c4-3(5,6)1-9-2(7)10-8/h1,8H2,(H3,7,9,10). The van der Waals surface area contributed by atoms with Crippen LogP contribution in [-0.2, 0) is 0 Å². The zero-order valence-electron chi connectivity index (χ0n) is 4.94. The van der Waals surface area contributed by atoms with Gasteiger partial charge in [-0.1, -0.05) is 0 Å². The van der Waals surface area contributed by atoms with Crippen molar-refractivity contribution in [3.05, 3.63) is 0 Å². The first kappa shape index (κ1) is 9.02. The van der Waals surface area contributed by atoms with Crippen LogP contribution >= 0.6 is 0 Å². The average Bonchev–Trinajstić information content (AvgIpc) is 1.81. The quantitative estimate of drug-likeness (QED) is 0.204. The summed E-state index contributed by atoms with van der Waals surface area (Å²) in [7, 11) is 0. The number of nitrogens with one attached hydrogen (secondary N) is 1. The van der Waals surface area contributed by atoms with Crippen LogP contribution in [0.4, 0.5) is 13.2 Å². The van der Waals surface area contributed by atoms with Crippen LogP contribution in [0, 0.1) is 0 Å². The van der Waals surface area contributed by atoms with Gasteiger partial charge in [-0.05, 0) is 0 Å². The Morgan fingerprint density at radius 1 is 1.50 bits per heavy atom. The van der Waals surface area contributed by atoms with Gasteiger partial charge >= 0.3 is 6.18 Å². The Bertz CT molecular complexity index is 128. The van der Waals surface area contributed by atoms with Crippen LogP contribution < -0.4 is 17.0 Å². The van der Waals surface area contributed by atoms with Gasteiger partial charge in [0.1, 0.15) is 6.54 Å². The van der Waals surface area contributed by atoms with Crippen molar-refractivity contribution in [3.8, 4) is 0 Å². The molecule has 0 aliphatic heterocycles. The summed E-state index contributed by atoms with van der Waals surface area (Å²) < 4.78 is 34.0. The predicted octanol–water partition coefficient (Wildman–Crippen LogP) is -0.673. The largest absolute Gasteiger partial charge is 0.408 e. The van der Waals surface area contributed by atoms with Crippen LogP contribution in [0.15, 0.2) is 4.99 Å². The predicted molar refractivity (Wildman–Crippen MR) is 29.9 cm³/mol. The minimum absolute atomic E-state index is 0.433.